The summed E-state index contributed by atoms with van der Waals surface area (Å²) in [6.45, 7) is 5.93. The van der Waals surface area contributed by atoms with Crippen molar-refractivity contribution in [2.75, 3.05) is 5.32 Å². The van der Waals surface area contributed by atoms with Crippen molar-refractivity contribution in [2.24, 2.45) is 0 Å². The molecule has 148 valence electrons. The van der Waals surface area contributed by atoms with Crippen molar-refractivity contribution < 1.29 is 9.18 Å². The fourth-order valence-electron chi connectivity index (χ4n) is 3.02. The van der Waals surface area contributed by atoms with Gasteiger partial charge in [-0.25, -0.2) is 9.07 Å². The second kappa shape index (κ2) is 9.05. The van der Waals surface area contributed by atoms with Gasteiger partial charge >= 0.3 is 0 Å². The van der Waals surface area contributed by atoms with Gasteiger partial charge in [0, 0.05) is 17.7 Å². The zero-order valence-corrected chi connectivity index (χ0v) is 17.1. The van der Waals surface area contributed by atoms with Gasteiger partial charge in [0.05, 0.1) is 17.8 Å². The number of nitrogens with one attached hydrogen (secondary N) is 1. The number of halogens is 1. The molecule has 0 spiro atoms. The van der Waals surface area contributed by atoms with Gasteiger partial charge in [-0.05, 0) is 44.5 Å². The number of carbonyl (C=O) groups excluding carboxylic acids is 1. The third kappa shape index (κ3) is 4.81. The van der Waals surface area contributed by atoms with E-state index in [1.54, 1.807) is 16.8 Å². The lowest BCUT2D eigenvalue weighted by Crippen LogP contribution is -2.15. The summed E-state index contributed by atoms with van der Waals surface area (Å²) in [5.41, 5.74) is 3.25. The highest BCUT2D eigenvalue weighted by molar-refractivity contribution is 7.15. The van der Waals surface area contributed by atoms with Gasteiger partial charge in [-0.15, -0.1) is 10.2 Å². The van der Waals surface area contributed by atoms with Gasteiger partial charge in [-0.1, -0.05) is 31.1 Å². The zero-order valence-electron chi connectivity index (χ0n) is 16.3. The molecular formula is C20H24FN5OS. The fourth-order valence-corrected chi connectivity index (χ4v) is 3.82. The van der Waals surface area contributed by atoms with Crippen LogP contribution in [0, 0.1) is 19.7 Å². The molecule has 0 fully saturated rings. The first-order valence-corrected chi connectivity index (χ1v) is 10.2. The third-order valence-electron chi connectivity index (χ3n) is 4.56. The second-order valence-electron chi connectivity index (χ2n) is 6.72. The highest BCUT2D eigenvalue weighted by Crippen LogP contribution is 2.21. The minimum Gasteiger partial charge on any atom is -0.300 e. The van der Waals surface area contributed by atoms with Gasteiger partial charge in [0.1, 0.15) is 10.8 Å². The molecule has 2 aromatic heterocycles. The summed E-state index contributed by atoms with van der Waals surface area (Å²) in [6, 6.07) is 6.12. The first-order valence-electron chi connectivity index (χ1n) is 9.41. The van der Waals surface area contributed by atoms with E-state index in [2.05, 4.69) is 27.5 Å². The molecule has 0 saturated carbocycles. The maximum Gasteiger partial charge on any atom is 0.230 e. The number of aromatic nitrogens is 4. The van der Waals surface area contributed by atoms with Gasteiger partial charge in [0.15, 0.2) is 0 Å². The lowest BCUT2D eigenvalue weighted by molar-refractivity contribution is -0.115. The Morgan fingerprint density at radius 1 is 1.18 bits per heavy atom. The van der Waals surface area contributed by atoms with Crippen LogP contribution in [0.4, 0.5) is 9.52 Å². The van der Waals surface area contributed by atoms with Gasteiger partial charge < -0.3 is 5.32 Å². The predicted octanol–water partition coefficient (Wildman–Crippen LogP) is 4.39. The van der Waals surface area contributed by atoms with E-state index in [1.807, 2.05) is 13.8 Å². The fraction of sp³-hybridized carbons (Fsp3) is 0.400. The SMILES string of the molecule is CCCCCc1nnc(NC(=O)Cc2c(C)nn(-c3ccc(F)cc3)c2C)s1. The number of carbonyl (C=O) groups is 1. The van der Waals surface area contributed by atoms with Crippen LogP contribution in [0.15, 0.2) is 24.3 Å². The molecule has 0 aliphatic carbocycles. The summed E-state index contributed by atoms with van der Waals surface area (Å²) >= 11 is 1.42. The van der Waals surface area contributed by atoms with Crippen molar-refractivity contribution >= 4 is 22.4 Å². The molecule has 0 aliphatic rings. The molecule has 28 heavy (non-hydrogen) atoms. The normalized spacial score (nSPS) is 11.0. The molecule has 0 radical (unpaired) electrons. The van der Waals surface area contributed by atoms with Crippen LogP contribution >= 0.6 is 11.3 Å². The number of amides is 1. The van der Waals surface area contributed by atoms with E-state index in [0.717, 1.165) is 53.3 Å². The summed E-state index contributed by atoms with van der Waals surface area (Å²) in [7, 11) is 0. The maximum absolute atomic E-state index is 13.2. The first kappa shape index (κ1) is 20.1. The van der Waals surface area contributed by atoms with Gasteiger partial charge in [0.2, 0.25) is 11.0 Å². The largest absolute Gasteiger partial charge is 0.300 e. The highest BCUT2D eigenvalue weighted by Gasteiger charge is 2.17. The third-order valence-corrected chi connectivity index (χ3v) is 5.46. The molecule has 0 bridgehead atoms. The van der Waals surface area contributed by atoms with Crippen LogP contribution in [-0.2, 0) is 17.6 Å². The van der Waals surface area contributed by atoms with E-state index in [9.17, 15) is 9.18 Å². The minimum atomic E-state index is -0.295. The van der Waals surface area contributed by atoms with E-state index < -0.39 is 0 Å². The van der Waals surface area contributed by atoms with Gasteiger partial charge in [0.25, 0.3) is 0 Å². The highest BCUT2D eigenvalue weighted by atomic mass is 32.1. The Morgan fingerprint density at radius 2 is 1.93 bits per heavy atom. The zero-order chi connectivity index (χ0) is 20.1. The average Bonchev–Trinajstić information content (AvgIpc) is 3.22. The number of hydrogen-bond donors (Lipinski definition) is 1. The van der Waals surface area contributed by atoms with E-state index in [0.29, 0.717) is 5.13 Å². The summed E-state index contributed by atoms with van der Waals surface area (Å²) < 4.78 is 14.9. The van der Waals surface area contributed by atoms with Crippen molar-refractivity contribution in [3.8, 4) is 5.69 Å². The molecule has 8 heteroatoms. The van der Waals surface area contributed by atoms with Crippen molar-refractivity contribution in [2.45, 2.75) is 52.9 Å². The molecular weight excluding hydrogens is 377 g/mol. The number of hydrogen-bond acceptors (Lipinski definition) is 5. The Hall–Kier alpha value is -2.61. The summed E-state index contributed by atoms with van der Waals surface area (Å²) in [5, 5.41) is 17.0. The number of nitrogens with zero attached hydrogens (tertiary/aromatic N) is 4. The van der Waals surface area contributed by atoms with Crippen LogP contribution < -0.4 is 5.32 Å². The molecule has 0 atom stereocenters. The first-order chi connectivity index (χ1) is 13.5. The molecule has 0 saturated heterocycles. The summed E-state index contributed by atoms with van der Waals surface area (Å²) in [6.07, 6.45) is 4.50. The number of benzene rings is 1. The molecule has 1 aromatic carbocycles. The Morgan fingerprint density at radius 3 is 2.64 bits per heavy atom. The molecule has 0 unspecified atom stereocenters. The monoisotopic (exact) mass is 401 g/mol. The van der Waals surface area contributed by atoms with Crippen molar-refractivity contribution in [1.29, 1.82) is 0 Å². The van der Waals surface area contributed by atoms with E-state index in [-0.39, 0.29) is 18.1 Å². The summed E-state index contributed by atoms with van der Waals surface area (Å²) in [4.78, 5) is 12.5. The number of unbranched alkanes of at least 4 members (excludes halogenated alkanes) is 2. The number of rotatable bonds is 8. The molecule has 2 heterocycles. The van der Waals surface area contributed by atoms with Gasteiger partial charge in [-0.3, -0.25) is 4.79 Å². The minimum absolute atomic E-state index is 0.152. The van der Waals surface area contributed by atoms with Crippen molar-refractivity contribution in [1.82, 2.24) is 20.0 Å². The van der Waals surface area contributed by atoms with Crippen LogP contribution in [0.5, 0.6) is 0 Å². The number of aryl methyl sites for hydroxylation is 2. The Bertz CT molecular complexity index is 948. The summed E-state index contributed by atoms with van der Waals surface area (Å²) in [5.74, 6) is -0.447. The molecule has 1 amide bonds. The second-order valence-corrected chi connectivity index (χ2v) is 7.78. The van der Waals surface area contributed by atoms with Crippen LogP contribution in [0.1, 0.15) is 48.1 Å². The quantitative estimate of drug-likeness (QED) is 0.568. The predicted molar refractivity (Wildman–Crippen MR) is 108 cm³/mol. The van der Waals surface area contributed by atoms with E-state index in [1.165, 1.54) is 23.5 Å². The van der Waals surface area contributed by atoms with Crippen LogP contribution in [0.25, 0.3) is 5.69 Å². The van der Waals surface area contributed by atoms with Gasteiger partial charge in [-0.2, -0.15) is 5.10 Å². The van der Waals surface area contributed by atoms with E-state index >= 15 is 0 Å². The Kier molecular flexibility index (Phi) is 6.51. The van der Waals surface area contributed by atoms with Crippen molar-refractivity contribution in [3.05, 3.63) is 52.0 Å². The topological polar surface area (TPSA) is 72.7 Å². The lowest BCUT2D eigenvalue weighted by Gasteiger charge is -2.05. The smallest absolute Gasteiger partial charge is 0.230 e. The lowest BCUT2D eigenvalue weighted by atomic mass is 10.1. The van der Waals surface area contributed by atoms with Crippen LogP contribution in [0.3, 0.4) is 0 Å². The molecule has 3 rings (SSSR count). The maximum atomic E-state index is 13.2. The molecule has 0 aliphatic heterocycles. The molecule has 3 aromatic rings. The number of anilines is 1. The van der Waals surface area contributed by atoms with E-state index in [4.69, 9.17) is 0 Å². The molecule has 1 N–H and O–H groups in total. The standard InChI is InChI=1S/C20H24FN5OS/c1-4-5-6-7-19-23-24-20(28-19)22-18(27)12-17-13(2)25-26(14(17)3)16-10-8-15(21)9-11-16/h8-11H,4-7,12H2,1-3H3,(H,22,24,27). The average molecular weight is 402 g/mol. The van der Waals surface area contributed by atoms with Crippen LogP contribution in [0.2, 0.25) is 0 Å². The van der Waals surface area contributed by atoms with Crippen LogP contribution in [-0.4, -0.2) is 25.9 Å². The Labute approximate surface area is 167 Å². The molecule has 6 nitrogen and oxygen atoms in total. The Balaban J connectivity index is 1.66. The van der Waals surface area contributed by atoms with Crippen molar-refractivity contribution in [3.63, 3.8) is 0 Å².